The molecule has 2 aliphatic carbocycles. The number of carboxylic acid groups (broad SMARTS) is 1. The Bertz CT molecular complexity index is 929. The summed E-state index contributed by atoms with van der Waals surface area (Å²) in [6, 6.07) is 1.25. The van der Waals surface area contributed by atoms with Gasteiger partial charge in [0.15, 0.2) is 5.82 Å². The van der Waals surface area contributed by atoms with E-state index >= 15 is 0 Å². The second kappa shape index (κ2) is 8.39. The van der Waals surface area contributed by atoms with Gasteiger partial charge in [-0.05, 0) is 32.1 Å². The second-order valence-electron chi connectivity index (χ2n) is 8.36. The number of nitrogens with one attached hydrogen (secondary N) is 2. The van der Waals surface area contributed by atoms with Gasteiger partial charge in [0.2, 0.25) is 5.95 Å². The number of carboxylic acids is 1. The number of nitrogens with zero attached hydrogens (tertiary/aromatic N) is 4. The van der Waals surface area contributed by atoms with Crippen LogP contribution in [0, 0.1) is 0 Å². The molecule has 2 fully saturated rings. The molecule has 10 heteroatoms. The van der Waals surface area contributed by atoms with Gasteiger partial charge >= 0.3 is 5.97 Å². The lowest BCUT2D eigenvalue weighted by atomic mass is 10.0. The molecule has 0 radical (unpaired) electrons. The number of hydrogen-bond donors (Lipinski definition) is 4. The predicted octanol–water partition coefficient (Wildman–Crippen LogP) is 2.54. The molecule has 2 aromatic rings. The first-order valence-electron chi connectivity index (χ1n) is 10.5. The number of halogens is 1. The number of rotatable bonds is 5. The molecule has 1 aliphatic heterocycles. The highest BCUT2D eigenvalue weighted by Gasteiger charge is 2.38. The minimum absolute atomic E-state index is 0. The smallest absolute Gasteiger partial charge is 0.326 e. The average Bonchev–Trinajstić information content (AvgIpc) is 3.47. The van der Waals surface area contributed by atoms with E-state index in [0.717, 1.165) is 42.0 Å². The maximum Gasteiger partial charge on any atom is 0.326 e. The first-order valence-corrected chi connectivity index (χ1v) is 10.5. The van der Waals surface area contributed by atoms with Crippen molar-refractivity contribution in [3.05, 3.63) is 23.0 Å². The third kappa shape index (κ3) is 3.83. The number of aromatic amines is 1. The zero-order chi connectivity index (χ0) is 20.0. The largest absolute Gasteiger partial charge is 0.480 e. The number of H-pyrrole nitrogens is 1. The standard InChI is InChI=1S/C20H26N6O3.ClH/c27-12-8-16(19(28)29)26(10-12)20-21-14-7-3-6-13(14)18(23-20)22-17-9-15(24-25-17)11-4-1-2-5-11;/h9,11-12,16,27H,1-8,10H2,(H,28,29)(H2,21,22,23,24,25);1H/t12-,16+;/m1./s1. The Morgan fingerprint density at radius 1 is 1.20 bits per heavy atom. The Labute approximate surface area is 180 Å². The highest BCUT2D eigenvalue weighted by molar-refractivity contribution is 5.85. The van der Waals surface area contributed by atoms with Gasteiger partial charge < -0.3 is 20.4 Å². The summed E-state index contributed by atoms with van der Waals surface area (Å²) in [4.78, 5) is 22.5. The third-order valence-corrected chi connectivity index (χ3v) is 6.38. The predicted molar refractivity (Wildman–Crippen MR) is 114 cm³/mol. The fraction of sp³-hybridized carbons (Fsp3) is 0.600. The highest BCUT2D eigenvalue weighted by atomic mass is 35.5. The van der Waals surface area contributed by atoms with E-state index in [-0.39, 0.29) is 25.4 Å². The lowest BCUT2D eigenvalue weighted by Crippen LogP contribution is -2.37. The van der Waals surface area contributed by atoms with E-state index in [1.807, 2.05) is 0 Å². The van der Waals surface area contributed by atoms with Gasteiger partial charge in [-0.1, -0.05) is 12.8 Å². The number of fused-ring (bicyclic) bond motifs is 1. The van der Waals surface area contributed by atoms with Crippen molar-refractivity contribution >= 4 is 36.0 Å². The zero-order valence-corrected chi connectivity index (χ0v) is 17.5. The molecule has 2 atom stereocenters. The van der Waals surface area contributed by atoms with Crippen LogP contribution in [0.15, 0.2) is 6.07 Å². The molecule has 9 nitrogen and oxygen atoms in total. The summed E-state index contributed by atoms with van der Waals surface area (Å²) >= 11 is 0. The zero-order valence-electron chi connectivity index (χ0n) is 16.7. The third-order valence-electron chi connectivity index (χ3n) is 6.38. The number of hydrogen-bond acceptors (Lipinski definition) is 7. The fourth-order valence-corrected chi connectivity index (χ4v) is 4.89. The molecule has 2 aromatic heterocycles. The molecule has 162 valence electrons. The minimum atomic E-state index is -0.964. The molecular formula is C20H27ClN6O3. The number of aliphatic carboxylic acids is 1. The molecule has 3 aliphatic rings. The number of aliphatic hydroxyl groups is 1. The first kappa shape index (κ1) is 20.9. The summed E-state index contributed by atoms with van der Waals surface area (Å²) in [7, 11) is 0. The van der Waals surface area contributed by atoms with Crippen LogP contribution in [0.4, 0.5) is 17.6 Å². The van der Waals surface area contributed by atoms with Crippen LogP contribution in [0.1, 0.15) is 61.4 Å². The van der Waals surface area contributed by atoms with Crippen molar-refractivity contribution in [3.63, 3.8) is 0 Å². The van der Waals surface area contributed by atoms with Gasteiger partial charge in [-0.2, -0.15) is 10.1 Å². The summed E-state index contributed by atoms with van der Waals surface area (Å²) in [6.07, 6.45) is 7.16. The number of carbonyl (C=O) groups is 1. The molecule has 5 rings (SSSR count). The number of β-amino-alcohol motifs (C(OH)–C–C–N with tert-alkyl or cyclic N) is 1. The molecule has 0 aromatic carbocycles. The molecule has 1 saturated heterocycles. The number of aromatic nitrogens is 4. The Hall–Kier alpha value is -2.39. The van der Waals surface area contributed by atoms with E-state index in [0.29, 0.717) is 17.7 Å². The number of anilines is 3. The van der Waals surface area contributed by atoms with Gasteiger partial charge in [0.1, 0.15) is 11.9 Å². The van der Waals surface area contributed by atoms with Crippen LogP contribution >= 0.6 is 12.4 Å². The van der Waals surface area contributed by atoms with Crippen LogP contribution in [-0.4, -0.2) is 55.0 Å². The van der Waals surface area contributed by atoms with Gasteiger partial charge in [0, 0.05) is 36.2 Å². The van der Waals surface area contributed by atoms with Gasteiger partial charge in [-0.15, -0.1) is 12.4 Å². The maximum atomic E-state index is 11.6. The van der Waals surface area contributed by atoms with Gasteiger partial charge in [0.25, 0.3) is 0 Å². The quantitative estimate of drug-likeness (QED) is 0.565. The van der Waals surface area contributed by atoms with Crippen molar-refractivity contribution in [2.45, 2.75) is 69.4 Å². The lowest BCUT2D eigenvalue weighted by Gasteiger charge is -2.22. The molecule has 30 heavy (non-hydrogen) atoms. The van der Waals surface area contributed by atoms with Crippen LogP contribution in [0.2, 0.25) is 0 Å². The summed E-state index contributed by atoms with van der Waals surface area (Å²) in [5.41, 5.74) is 3.19. The van der Waals surface area contributed by atoms with E-state index < -0.39 is 18.1 Å². The van der Waals surface area contributed by atoms with Gasteiger partial charge in [-0.25, -0.2) is 9.78 Å². The SMILES string of the molecule is Cl.O=C(O)[C@@H]1C[C@@H](O)CN1c1nc2c(c(Nc3cc(C4CCCC4)[nH]n3)n1)CCC2. The molecule has 0 spiro atoms. The van der Waals surface area contributed by atoms with Crippen molar-refractivity contribution < 1.29 is 15.0 Å². The van der Waals surface area contributed by atoms with Crippen LogP contribution in [-0.2, 0) is 17.6 Å². The molecule has 1 saturated carbocycles. The fourth-order valence-electron chi connectivity index (χ4n) is 4.89. The van der Waals surface area contributed by atoms with Crippen LogP contribution < -0.4 is 10.2 Å². The van der Waals surface area contributed by atoms with E-state index in [2.05, 4.69) is 31.5 Å². The lowest BCUT2D eigenvalue weighted by molar-refractivity contribution is -0.138. The van der Waals surface area contributed by atoms with E-state index in [1.54, 1.807) is 4.90 Å². The Kier molecular flexibility index (Phi) is 5.84. The molecule has 0 bridgehead atoms. The van der Waals surface area contributed by atoms with Crippen LogP contribution in [0.3, 0.4) is 0 Å². The van der Waals surface area contributed by atoms with E-state index in [9.17, 15) is 15.0 Å². The summed E-state index contributed by atoms with van der Waals surface area (Å²) in [6.45, 7) is 0.226. The van der Waals surface area contributed by atoms with Crippen molar-refractivity contribution in [2.75, 3.05) is 16.8 Å². The minimum Gasteiger partial charge on any atom is -0.480 e. The number of aryl methyl sites for hydroxylation is 1. The van der Waals surface area contributed by atoms with Crippen molar-refractivity contribution in [1.82, 2.24) is 20.2 Å². The van der Waals surface area contributed by atoms with E-state index in [4.69, 9.17) is 0 Å². The monoisotopic (exact) mass is 434 g/mol. The number of aliphatic hydroxyl groups excluding tert-OH is 1. The summed E-state index contributed by atoms with van der Waals surface area (Å²) in [5, 5.41) is 30.4. The molecule has 4 N–H and O–H groups in total. The van der Waals surface area contributed by atoms with Crippen molar-refractivity contribution in [1.29, 1.82) is 0 Å². The van der Waals surface area contributed by atoms with Gasteiger partial charge in [-0.3, -0.25) is 5.10 Å². The molecule has 3 heterocycles. The van der Waals surface area contributed by atoms with Crippen molar-refractivity contribution in [2.24, 2.45) is 0 Å². The Morgan fingerprint density at radius 3 is 2.77 bits per heavy atom. The normalized spacial score (nSPS) is 23.4. The summed E-state index contributed by atoms with van der Waals surface area (Å²) < 4.78 is 0. The van der Waals surface area contributed by atoms with Gasteiger partial charge in [0.05, 0.1) is 11.8 Å². The summed E-state index contributed by atoms with van der Waals surface area (Å²) in [5.74, 6) is 1.36. The van der Waals surface area contributed by atoms with Crippen LogP contribution in [0.25, 0.3) is 0 Å². The molecule has 0 unspecified atom stereocenters. The first-order chi connectivity index (χ1) is 14.1. The Balaban J connectivity index is 0.00000218. The maximum absolute atomic E-state index is 11.6. The average molecular weight is 435 g/mol. The molecular weight excluding hydrogens is 408 g/mol. The molecule has 0 amide bonds. The Morgan fingerprint density at radius 2 is 2.00 bits per heavy atom. The van der Waals surface area contributed by atoms with Crippen LogP contribution in [0.5, 0.6) is 0 Å². The topological polar surface area (TPSA) is 127 Å². The van der Waals surface area contributed by atoms with E-state index in [1.165, 1.54) is 25.7 Å². The van der Waals surface area contributed by atoms with Crippen molar-refractivity contribution in [3.8, 4) is 0 Å². The second-order valence-corrected chi connectivity index (χ2v) is 8.36. The highest BCUT2D eigenvalue weighted by Crippen LogP contribution is 2.35.